The van der Waals surface area contributed by atoms with Crippen LogP contribution in [0.1, 0.15) is 20.3 Å². The lowest BCUT2D eigenvalue weighted by Gasteiger charge is -2.25. The molecule has 2 heteroatoms. The van der Waals surface area contributed by atoms with E-state index >= 15 is 0 Å². The van der Waals surface area contributed by atoms with Gasteiger partial charge in [-0.1, -0.05) is 13.0 Å². The van der Waals surface area contributed by atoms with E-state index < -0.39 is 5.60 Å². The van der Waals surface area contributed by atoms with Crippen molar-refractivity contribution in [1.29, 1.82) is 0 Å². The third kappa shape index (κ3) is 2.50. The van der Waals surface area contributed by atoms with Gasteiger partial charge in [-0.2, -0.15) is 0 Å². The van der Waals surface area contributed by atoms with E-state index in [1.165, 1.54) is 6.08 Å². The number of hydrogen-bond donors (Lipinski definition) is 2. The maximum absolute atomic E-state index is 9.49. The fraction of sp³-hybridized carbons (Fsp3) is 0.750. The molecule has 0 aromatic heterocycles. The standard InChI is InChI=1S/C8H16O2/c1-4-8(3,10)7(2)5-6-9/h4,7,9-10H,1,5-6H2,2-3H3. The summed E-state index contributed by atoms with van der Waals surface area (Å²) in [5.74, 6) is 0.0648. The molecule has 0 spiro atoms. The van der Waals surface area contributed by atoms with Crippen LogP contribution in [-0.2, 0) is 0 Å². The maximum atomic E-state index is 9.49. The van der Waals surface area contributed by atoms with Crippen LogP contribution >= 0.6 is 0 Å². The van der Waals surface area contributed by atoms with E-state index in [4.69, 9.17) is 5.11 Å². The minimum absolute atomic E-state index is 0.0648. The van der Waals surface area contributed by atoms with Crippen molar-refractivity contribution in [1.82, 2.24) is 0 Å². The summed E-state index contributed by atoms with van der Waals surface area (Å²) in [6.45, 7) is 7.20. The Balaban J connectivity index is 3.90. The molecule has 0 aliphatic carbocycles. The van der Waals surface area contributed by atoms with Crippen LogP contribution in [0.15, 0.2) is 12.7 Å². The summed E-state index contributed by atoms with van der Waals surface area (Å²) in [6.07, 6.45) is 2.12. The van der Waals surface area contributed by atoms with Crippen molar-refractivity contribution in [3.63, 3.8) is 0 Å². The molecule has 10 heavy (non-hydrogen) atoms. The molecule has 0 saturated heterocycles. The van der Waals surface area contributed by atoms with Gasteiger partial charge in [0.2, 0.25) is 0 Å². The molecule has 0 heterocycles. The molecule has 0 saturated carbocycles. The third-order valence-electron chi connectivity index (χ3n) is 1.97. The zero-order chi connectivity index (χ0) is 8.20. The first-order chi connectivity index (χ1) is 4.54. The zero-order valence-corrected chi connectivity index (χ0v) is 6.67. The topological polar surface area (TPSA) is 40.5 Å². The summed E-state index contributed by atoms with van der Waals surface area (Å²) in [5.41, 5.74) is -0.845. The van der Waals surface area contributed by atoms with Crippen LogP contribution in [0, 0.1) is 5.92 Å². The monoisotopic (exact) mass is 144 g/mol. The van der Waals surface area contributed by atoms with Crippen LogP contribution in [0.5, 0.6) is 0 Å². The first-order valence-corrected chi connectivity index (χ1v) is 3.51. The smallest absolute Gasteiger partial charge is 0.0823 e. The van der Waals surface area contributed by atoms with Crippen molar-refractivity contribution >= 4 is 0 Å². The molecule has 0 aromatic rings. The Labute approximate surface area is 62.2 Å². The quantitative estimate of drug-likeness (QED) is 0.576. The summed E-state index contributed by atoms with van der Waals surface area (Å²) >= 11 is 0. The van der Waals surface area contributed by atoms with E-state index in [1.54, 1.807) is 6.92 Å². The van der Waals surface area contributed by atoms with Crippen molar-refractivity contribution in [2.24, 2.45) is 5.92 Å². The minimum atomic E-state index is -0.845. The van der Waals surface area contributed by atoms with Gasteiger partial charge < -0.3 is 10.2 Å². The Morgan fingerprint density at radius 2 is 2.20 bits per heavy atom. The van der Waals surface area contributed by atoms with Crippen molar-refractivity contribution in [3.05, 3.63) is 12.7 Å². The van der Waals surface area contributed by atoms with Crippen LogP contribution in [0.3, 0.4) is 0 Å². The van der Waals surface area contributed by atoms with Crippen LogP contribution < -0.4 is 0 Å². The summed E-state index contributed by atoms with van der Waals surface area (Å²) in [4.78, 5) is 0. The van der Waals surface area contributed by atoms with E-state index in [0.29, 0.717) is 6.42 Å². The summed E-state index contributed by atoms with van der Waals surface area (Å²) in [5, 5.41) is 18.0. The highest BCUT2D eigenvalue weighted by molar-refractivity contribution is 4.95. The Morgan fingerprint density at radius 3 is 2.50 bits per heavy atom. The number of rotatable bonds is 4. The predicted octanol–water partition coefficient (Wildman–Crippen LogP) is 0.942. The molecule has 0 aliphatic heterocycles. The second-order valence-electron chi connectivity index (χ2n) is 2.84. The SMILES string of the molecule is C=CC(C)(O)C(C)CCO. The molecule has 2 N–H and O–H groups in total. The highest BCUT2D eigenvalue weighted by Gasteiger charge is 2.23. The predicted molar refractivity (Wildman–Crippen MR) is 41.7 cm³/mol. The largest absolute Gasteiger partial charge is 0.396 e. The van der Waals surface area contributed by atoms with Crippen molar-refractivity contribution in [2.75, 3.05) is 6.61 Å². The van der Waals surface area contributed by atoms with Crippen molar-refractivity contribution in [3.8, 4) is 0 Å². The van der Waals surface area contributed by atoms with Gasteiger partial charge in [0, 0.05) is 6.61 Å². The van der Waals surface area contributed by atoms with E-state index in [0.717, 1.165) is 0 Å². The third-order valence-corrected chi connectivity index (χ3v) is 1.97. The molecule has 0 radical (unpaired) electrons. The Morgan fingerprint density at radius 1 is 1.70 bits per heavy atom. The maximum Gasteiger partial charge on any atom is 0.0823 e. The van der Waals surface area contributed by atoms with E-state index in [1.807, 2.05) is 6.92 Å². The lowest BCUT2D eigenvalue weighted by atomic mass is 9.89. The van der Waals surface area contributed by atoms with Gasteiger partial charge in [0.15, 0.2) is 0 Å². The molecule has 0 rings (SSSR count). The number of hydrogen-bond acceptors (Lipinski definition) is 2. The van der Waals surface area contributed by atoms with Gasteiger partial charge in [0.1, 0.15) is 0 Å². The van der Waals surface area contributed by atoms with Crippen molar-refractivity contribution in [2.45, 2.75) is 25.9 Å². The molecule has 0 amide bonds. The number of aliphatic hydroxyl groups excluding tert-OH is 1. The Bertz CT molecular complexity index is 108. The normalized spacial score (nSPS) is 19.6. The lowest BCUT2D eigenvalue weighted by Crippen LogP contribution is -2.30. The Kier molecular flexibility index (Phi) is 3.61. The highest BCUT2D eigenvalue weighted by atomic mass is 16.3. The Hall–Kier alpha value is -0.340. The molecule has 2 nitrogen and oxygen atoms in total. The summed E-state index contributed by atoms with van der Waals surface area (Å²) < 4.78 is 0. The molecule has 0 fully saturated rings. The van der Waals surface area contributed by atoms with Crippen LogP contribution in [-0.4, -0.2) is 22.4 Å². The van der Waals surface area contributed by atoms with Gasteiger partial charge in [-0.05, 0) is 19.3 Å². The number of aliphatic hydroxyl groups is 2. The molecule has 2 atom stereocenters. The fourth-order valence-corrected chi connectivity index (χ4v) is 0.687. The average Bonchev–Trinajstić information content (AvgIpc) is 1.89. The molecule has 60 valence electrons. The van der Waals surface area contributed by atoms with E-state index in [-0.39, 0.29) is 12.5 Å². The molecular formula is C8H16O2. The van der Waals surface area contributed by atoms with Gasteiger partial charge in [0.25, 0.3) is 0 Å². The zero-order valence-electron chi connectivity index (χ0n) is 6.67. The summed E-state index contributed by atoms with van der Waals surface area (Å²) in [6, 6.07) is 0. The van der Waals surface area contributed by atoms with Gasteiger partial charge in [-0.3, -0.25) is 0 Å². The van der Waals surface area contributed by atoms with E-state index in [2.05, 4.69) is 6.58 Å². The van der Waals surface area contributed by atoms with E-state index in [9.17, 15) is 5.11 Å². The van der Waals surface area contributed by atoms with Gasteiger partial charge in [0.05, 0.1) is 5.60 Å². The minimum Gasteiger partial charge on any atom is -0.396 e. The van der Waals surface area contributed by atoms with Crippen LogP contribution in [0.25, 0.3) is 0 Å². The van der Waals surface area contributed by atoms with Crippen LogP contribution in [0.2, 0.25) is 0 Å². The first kappa shape index (κ1) is 9.66. The molecule has 0 aromatic carbocycles. The van der Waals surface area contributed by atoms with Gasteiger partial charge in [-0.15, -0.1) is 6.58 Å². The second-order valence-corrected chi connectivity index (χ2v) is 2.84. The lowest BCUT2D eigenvalue weighted by molar-refractivity contribution is 0.0423. The van der Waals surface area contributed by atoms with Gasteiger partial charge >= 0.3 is 0 Å². The molecular weight excluding hydrogens is 128 g/mol. The molecule has 0 bridgehead atoms. The average molecular weight is 144 g/mol. The molecule has 0 aliphatic rings. The van der Waals surface area contributed by atoms with Crippen molar-refractivity contribution < 1.29 is 10.2 Å². The molecule has 2 unspecified atom stereocenters. The first-order valence-electron chi connectivity index (χ1n) is 3.51. The second kappa shape index (κ2) is 3.74. The van der Waals surface area contributed by atoms with Gasteiger partial charge in [-0.25, -0.2) is 0 Å². The highest BCUT2D eigenvalue weighted by Crippen LogP contribution is 2.20. The van der Waals surface area contributed by atoms with Crippen LogP contribution in [0.4, 0.5) is 0 Å². The fourth-order valence-electron chi connectivity index (χ4n) is 0.687. The summed E-state index contributed by atoms with van der Waals surface area (Å²) in [7, 11) is 0.